The Hall–Kier alpha value is -2.70. The monoisotopic (exact) mass is 317 g/mol. The fourth-order valence-electron chi connectivity index (χ4n) is 2.22. The molecular weight excluding hydrogens is 298 g/mol. The number of nitrogens with one attached hydrogen (secondary N) is 1. The molecule has 2 N–H and O–H groups in total. The summed E-state index contributed by atoms with van der Waals surface area (Å²) in [5.74, 6) is -1.78. The van der Waals surface area contributed by atoms with Crippen molar-refractivity contribution in [1.29, 1.82) is 0 Å². The van der Waals surface area contributed by atoms with Crippen molar-refractivity contribution in [2.45, 2.75) is 38.8 Å². The van der Waals surface area contributed by atoms with Crippen molar-refractivity contribution in [1.82, 2.24) is 10.3 Å². The second-order valence-corrected chi connectivity index (χ2v) is 5.26. The highest BCUT2D eigenvalue weighted by molar-refractivity contribution is 6.39. The highest BCUT2D eigenvalue weighted by atomic mass is 16.4. The fourth-order valence-corrected chi connectivity index (χ4v) is 2.22. The highest BCUT2D eigenvalue weighted by Gasteiger charge is 2.27. The van der Waals surface area contributed by atoms with Crippen LogP contribution in [-0.2, 0) is 20.9 Å². The van der Waals surface area contributed by atoms with E-state index in [4.69, 9.17) is 5.11 Å². The Balaban J connectivity index is 2.09. The summed E-state index contributed by atoms with van der Waals surface area (Å²) >= 11 is 0. The highest BCUT2D eigenvalue weighted by Crippen LogP contribution is 2.13. The second-order valence-electron chi connectivity index (χ2n) is 5.26. The van der Waals surface area contributed by atoms with E-state index in [1.54, 1.807) is 6.92 Å². The van der Waals surface area contributed by atoms with Crippen LogP contribution in [0.1, 0.15) is 31.7 Å². The third-order valence-electron chi connectivity index (χ3n) is 3.55. The molecule has 0 radical (unpaired) electrons. The van der Waals surface area contributed by atoms with Crippen molar-refractivity contribution >= 4 is 23.5 Å². The van der Waals surface area contributed by atoms with Gasteiger partial charge in [-0.15, -0.1) is 0 Å². The largest absolute Gasteiger partial charge is 0.480 e. The third kappa shape index (κ3) is 4.38. The van der Waals surface area contributed by atoms with Crippen molar-refractivity contribution in [2.24, 2.45) is 5.10 Å². The number of rotatable bonds is 6. The minimum absolute atomic E-state index is 0.157. The van der Waals surface area contributed by atoms with Crippen LogP contribution in [0.4, 0.5) is 0 Å². The molecule has 1 atom stereocenters. The molecule has 0 fully saturated rings. The van der Waals surface area contributed by atoms with Gasteiger partial charge in [-0.3, -0.25) is 9.59 Å². The van der Waals surface area contributed by atoms with E-state index >= 15 is 0 Å². The van der Waals surface area contributed by atoms with Crippen LogP contribution in [-0.4, -0.2) is 39.7 Å². The van der Waals surface area contributed by atoms with Gasteiger partial charge in [-0.2, -0.15) is 5.10 Å². The summed E-state index contributed by atoms with van der Waals surface area (Å²) in [6.45, 7) is 1.96. The lowest BCUT2D eigenvalue weighted by atomic mass is 10.1. The predicted octanol–water partition coefficient (Wildman–Crippen LogP) is 1.14. The standard InChI is InChI=1S/C16H19N3O4/c1-2-12(16(22)23)17-15(21)13-8-9-14(20)19(18-13)10-11-6-4-3-5-7-11/h3-7,12H,2,8-10H2,1H3,(H,17,21)(H,22,23). The molecule has 0 saturated carbocycles. The SMILES string of the molecule is CCC(NC(=O)C1=NN(Cc2ccccc2)C(=O)CC1)C(=O)O. The van der Waals surface area contributed by atoms with Crippen LogP contribution in [0.25, 0.3) is 0 Å². The Morgan fingerprint density at radius 3 is 2.61 bits per heavy atom. The molecule has 7 heteroatoms. The Morgan fingerprint density at radius 2 is 2.00 bits per heavy atom. The topological polar surface area (TPSA) is 99.1 Å². The number of hydrogen-bond acceptors (Lipinski definition) is 4. The van der Waals surface area contributed by atoms with Crippen LogP contribution in [0.2, 0.25) is 0 Å². The fraction of sp³-hybridized carbons (Fsp3) is 0.375. The molecule has 1 heterocycles. The van der Waals surface area contributed by atoms with Crippen LogP contribution < -0.4 is 5.32 Å². The van der Waals surface area contributed by atoms with Crippen molar-refractivity contribution < 1.29 is 19.5 Å². The number of carbonyl (C=O) groups excluding carboxylic acids is 2. The number of carboxylic acids is 1. The molecule has 1 unspecified atom stereocenters. The lowest BCUT2D eigenvalue weighted by Gasteiger charge is -2.23. The van der Waals surface area contributed by atoms with Gasteiger partial charge in [0.05, 0.1) is 6.54 Å². The van der Waals surface area contributed by atoms with E-state index in [1.807, 2.05) is 30.3 Å². The van der Waals surface area contributed by atoms with Crippen molar-refractivity contribution in [3.8, 4) is 0 Å². The molecule has 1 aromatic carbocycles. The smallest absolute Gasteiger partial charge is 0.326 e. The third-order valence-corrected chi connectivity index (χ3v) is 3.55. The van der Waals surface area contributed by atoms with Gasteiger partial charge >= 0.3 is 5.97 Å². The average Bonchev–Trinajstić information content (AvgIpc) is 2.55. The Morgan fingerprint density at radius 1 is 1.30 bits per heavy atom. The zero-order valence-corrected chi connectivity index (χ0v) is 12.9. The van der Waals surface area contributed by atoms with Crippen LogP contribution in [0, 0.1) is 0 Å². The lowest BCUT2D eigenvalue weighted by Crippen LogP contribution is -2.45. The zero-order valence-electron chi connectivity index (χ0n) is 12.9. The molecule has 1 aliphatic rings. The molecule has 0 bridgehead atoms. The maximum atomic E-state index is 12.1. The Kier molecular flexibility index (Phi) is 5.46. The van der Waals surface area contributed by atoms with Crippen LogP contribution >= 0.6 is 0 Å². The molecule has 2 amide bonds. The van der Waals surface area contributed by atoms with E-state index in [9.17, 15) is 14.4 Å². The first-order valence-electron chi connectivity index (χ1n) is 7.46. The van der Waals surface area contributed by atoms with Gasteiger partial charge in [0.2, 0.25) is 5.91 Å². The summed E-state index contributed by atoms with van der Waals surface area (Å²) in [5, 5.41) is 16.8. The van der Waals surface area contributed by atoms with Gasteiger partial charge in [-0.25, -0.2) is 9.80 Å². The molecule has 0 spiro atoms. The van der Waals surface area contributed by atoms with E-state index in [2.05, 4.69) is 10.4 Å². The van der Waals surface area contributed by atoms with E-state index in [1.165, 1.54) is 5.01 Å². The molecule has 0 aromatic heterocycles. The molecule has 1 aromatic rings. The minimum atomic E-state index is -1.09. The first-order valence-corrected chi connectivity index (χ1v) is 7.46. The Bertz CT molecular complexity index is 627. The van der Waals surface area contributed by atoms with Gasteiger partial charge in [-0.1, -0.05) is 37.3 Å². The van der Waals surface area contributed by atoms with E-state index in [0.29, 0.717) is 0 Å². The van der Waals surface area contributed by atoms with Gasteiger partial charge in [0.15, 0.2) is 0 Å². The summed E-state index contributed by atoms with van der Waals surface area (Å²) in [6.07, 6.45) is 0.677. The molecule has 23 heavy (non-hydrogen) atoms. The first-order chi connectivity index (χ1) is 11.0. The van der Waals surface area contributed by atoms with Crippen molar-refractivity contribution in [3.63, 3.8) is 0 Å². The first kappa shape index (κ1) is 16.7. The average molecular weight is 317 g/mol. The lowest BCUT2D eigenvalue weighted by molar-refractivity contribution is -0.141. The Labute approximate surface area is 134 Å². The van der Waals surface area contributed by atoms with E-state index in [0.717, 1.165) is 5.56 Å². The summed E-state index contributed by atoms with van der Waals surface area (Å²) in [6, 6.07) is 8.38. The summed E-state index contributed by atoms with van der Waals surface area (Å²) in [5.41, 5.74) is 1.09. The number of amides is 2. The van der Waals surface area contributed by atoms with Gasteiger partial charge in [-0.05, 0) is 12.0 Å². The molecule has 7 nitrogen and oxygen atoms in total. The molecule has 1 aliphatic heterocycles. The van der Waals surface area contributed by atoms with Gasteiger partial charge < -0.3 is 10.4 Å². The second kappa shape index (κ2) is 7.53. The zero-order chi connectivity index (χ0) is 16.8. The normalized spacial score (nSPS) is 15.8. The number of hydrogen-bond donors (Lipinski definition) is 2. The van der Waals surface area contributed by atoms with Gasteiger partial charge in [0.25, 0.3) is 5.91 Å². The molecule has 0 saturated heterocycles. The summed E-state index contributed by atoms with van der Waals surface area (Å²) in [4.78, 5) is 35.1. The molecular formula is C16H19N3O4. The van der Waals surface area contributed by atoms with Gasteiger partial charge in [0, 0.05) is 12.8 Å². The van der Waals surface area contributed by atoms with Crippen LogP contribution in [0.15, 0.2) is 35.4 Å². The predicted molar refractivity (Wildman–Crippen MR) is 83.5 cm³/mol. The number of hydrazone groups is 1. The molecule has 0 aliphatic carbocycles. The van der Waals surface area contributed by atoms with E-state index in [-0.39, 0.29) is 37.4 Å². The van der Waals surface area contributed by atoms with Crippen molar-refractivity contribution in [3.05, 3.63) is 35.9 Å². The summed E-state index contributed by atoms with van der Waals surface area (Å²) in [7, 11) is 0. The van der Waals surface area contributed by atoms with Crippen molar-refractivity contribution in [2.75, 3.05) is 0 Å². The molecule has 2 rings (SSSR count). The molecule has 122 valence electrons. The number of nitrogens with zero attached hydrogens (tertiary/aromatic N) is 2. The minimum Gasteiger partial charge on any atom is -0.480 e. The maximum absolute atomic E-state index is 12.1. The van der Waals surface area contributed by atoms with E-state index < -0.39 is 17.9 Å². The van der Waals surface area contributed by atoms with Crippen LogP contribution in [0.5, 0.6) is 0 Å². The number of aliphatic carboxylic acids is 1. The number of benzene rings is 1. The quantitative estimate of drug-likeness (QED) is 0.822. The summed E-state index contributed by atoms with van der Waals surface area (Å²) < 4.78 is 0. The maximum Gasteiger partial charge on any atom is 0.326 e. The number of carboxylic acid groups (broad SMARTS) is 1. The van der Waals surface area contributed by atoms with Gasteiger partial charge in [0.1, 0.15) is 11.8 Å². The number of carbonyl (C=O) groups is 3. The van der Waals surface area contributed by atoms with Crippen LogP contribution in [0.3, 0.4) is 0 Å².